The highest BCUT2D eigenvalue weighted by atomic mass is 35.5. The van der Waals surface area contributed by atoms with E-state index in [2.05, 4.69) is 27.2 Å². The van der Waals surface area contributed by atoms with Crippen LogP contribution in [0.2, 0.25) is 5.02 Å². The van der Waals surface area contributed by atoms with E-state index in [-0.39, 0.29) is 11.5 Å². The van der Waals surface area contributed by atoms with Crippen molar-refractivity contribution in [2.24, 2.45) is 4.99 Å². The Bertz CT molecular complexity index is 1160. The molecule has 5 rings (SSSR count). The lowest BCUT2D eigenvalue weighted by molar-refractivity contribution is 0.175. The van der Waals surface area contributed by atoms with Crippen molar-refractivity contribution in [2.75, 3.05) is 31.5 Å². The Kier molecular flexibility index (Phi) is 5.18. The summed E-state index contributed by atoms with van der Waals surface area (Å²) in [6, 6.07) is 19.0. The van der Waals surface area contributed by atoms with Gasteiger partial charge in [-0.1, -0.05) is 29.8 Å². The molecule has 3 aromatic carbocycles. The average Bonchev–Trinajstić information content (AvgIpc) is 2.93. The Morgan fingerprint density at radius 3 is 2.48 bits per heavy atom. The van der Waals surface area contributed by atoms with Crippen molar-refractivity contribution in [1.29, 1.82) is 0 Å². The minimum atomic E-state index is -0.0902. The molecule has 3 aromatic rings. The van der Waals surface area contributed by atoms with Crippen molar-refractivity contribution in [3.63, 3.8) is 0 Å². The van der Waals surface area contributed by atoms with E-state index in [1.807, 2.05) is 36.4 Å². The molecular weight excluding hydrogens is 412 g/mol. The monoisotopic (exact) mass is 434 g/mol. The van der Waals surface area contributed by atoms with E-state index in [4.69, 9.17) is 16.6 Å². The van der Waals surface area contributed by atoms with Gasteiger partial charge < -0.3 is 20.4 Å². The van der Waals surface area contributed by atoms with Gasteiger partial charge in [-0.05, 0) is 48.0 Å². The summed E-state index contributed by atoms with van der Waals surface area (Å²) in [5.41, 5.74) is 4.86. The van der Waals surface area contributed by atoms with Crippen LogP contribution in [0.1, 0.15) is 11.1 Å². The molecule has 0 spiro atoms. The molecule has 7 heteroatoms. The molecule has 0 bridgehead atoms. The molecule has 3 N–H and O–H groups in total. The second-order valence-corrected chi connectivity index (χ2v) is 8.29. The Balaban J connectivity index is 1.38. The molecule has 0 aromatic heterocycles. The molecule has 31 heavy (non-hydrogen) atoms. The molecule has 2 aliphatic heterocycles. The van der Waals surface area contributed by atoms with E-state index in [0.29, 0.717) is 5.02 Å². The molecule has 0 aliphatic carbocycles. The van der Waals surface area contributed by atoms with Gasteiger partial charge in [0, 0.05) is 49.0 Å². The largest absolute Gasteiger partial charge is 0.504 e. The Morgan fingerprint density at radius 2 is 1.68 bits per heavy atom. The highest BCUT2D eigenvalue weighted by Gasteiger charge is 2.25. The van der Waals surface area contributed by atoms with Gasteiger partial charge in [-0.3, -0.25) is 4.90 Å². The number of anilines is 2. The smallest absolute Gasteiger partial charge is 0.157 e. The molecule has 2 heterocycles. The number of fused-ring (bicyclic) bond motifs is 2. The van der Waals surface area contributed by atoms with Crippen molar-refractivity contribution < 1.29 is 10.2 Å². The summed E-state index contributed by atoms with van der Waals surface area (Å²) >= 11 is 6.24. The molecule has 0 unspecified atom stereocenters. The number of halogens is 1. The zero-order valence-electron chi connectivity index (χ0n) is 16.9. The highest BCUT2D eigenvalue weighted by molar-refractivity contribution is 6.31. The summed E-state index contributed by atoms with van der Waals surface area (Å²) in [4.78, 5) is 9.67. The first kappa shape index (κ1) is 19.7. The van der Waals surface area contributed by atoms with Crippen LogP contribution < -0.4 is 5.32 Å². The molecule has 6 nitrogen and oxygen atoms in total. The van der Waals surface area contributed by atoms with Crippen molar-refractivity contribution in [1.82, 2.24) is 9.80 Å². The number of phenols is 2. The van der Waals surface area contributed by atoms with Gasteiger partial charge in [-0.25, -0.2) is 4.99 Å². The molecular formula is C24H23ClN4O2. The maximum atomic E-state index is 9.75. The fourth-order valence-electron chi connectivity index (χ4n) is 4.09. The van der Waals surface area contributed by atoms with Gasteiger partial charge in [0.05, 0.1) is 11.4 Å². The summed E-state index contributed by atoms with van der Waals surface area (Å²) in [7, 11) is 0. The Labute approximate surface area is 186 Å². The summed E-state index contributed by atoms with van der Waals surface area (Å²) < 4.78 is 0. The van der Waals surface area contributed by atoms with Crippen LogP contribution in [0.25, 0.3) is 0 Å². The number of amidine groups is 1. The minimum absolute atomic E-state index is 0.0784. The lowest BCUT2D eigenvalue weighted by Crippen LogP contribution is -2.48. The van der Waals surface area contributed by atoms with Crippen molar-refractivity contribution in [2.45, 2.75) is 6.54 Å². The van der Waals surface area contributed by atoms with Crippen LogP contribution in [0.3, 0.4) is 0 Å². The van der Waals surface area contributed by atoms with Crippen LogP contribution in [0.5, 0.6) is 11.5 Å². The molecule has 1 saturated heterocycles. The summed E-state index contributed by atoms with van der Waals surface area (Å²) in [6.45, 7) is 4.16. The van der Waals surface area contributed by atoms with Crippen LogP contribution in [0.15, 0.2) is 65.7 Å². The van der Waals surface area contributed by atoms with Gasteiger partial charge in [0.25, 0.3) is 0 Å². The number of hydrogen-bond acceptors (Lipinski definition) is 6. The highest BCUT2D eigenvalue weighted by Crippen LogP contribution is 2.36. The SMILES string of the molecule is Oc1ccc(CN2CCN(C3=Nc4cc(Cl)ccc4Nc4ccccc43)CC2)cc1O. The summed E-state index contributed by atoms with van der Waals surface area (Å²) in [5, 5.41) is 23.4. The standard InChI is InChI=1S/C24H23ClN4O2/c25-17-6-7-20-21(14-17)27-24(18-3-1-2-4-19(18)26-20)29-11-9-28(10-12-29)15-16-5-8-22(30)23(31)13-16/h1-8,13-14,26,30-31H,9-12,15H2. The third-order valence-corrected chi connectivity index (χ3v) is 5.98. The Hall–Kier alpha value is -3.22. The number of aromatic hydroxyl groups is 2. The molecule has 0 atom stereocenters. The van der Waals surface area contributed by atoms with E-state index in [1.165, 1.54) is 6.07 Å². The number of hydrogen-bond donors (Lipinski definition) is 3. The predicted molar refractivity (Wildman–Crippen MR) is 124 cm³/mol. The molecule has 158 valence electrons. The van der Waals surface area contributed by atoms with Crippen molar-refractivity contribution >= 4 is 34.5 Å². The van der Waals surface area contributed by atoms with Crippen LogP contribution >= 0.6 is 11.6 Å². The van der Waals surface area contributed by atoms with Crippen LogP contribution in [0, 0.1) is 0 Å². The summed E-state index contributed by atoms with van der Waals surface area (Å²) in [6.07, 6.45) is 0. The van der Waals surface area contributed by atoms with E-state index >= 15 is 0 Å². The molecule has 0 radical (unpaired) electrons. The van der Waals surface area contributed by atoms with E-state index in [0.717, 1.165) is 66.7 Å². The zero-order valence-corrected chi connectivity index (χ0v) is 17.7. The first-order valence-corrected chi connectivity index (χ1v) is 10.7. The first-order chi connectivity index (χ1) is 15.1. The third-order valence-electron chi connectivity index (χ3n) is 5.74. The average molecular weight is 435 g/mol. The van der Waals surface area contributed by atoms with E-state index < -0.39 is 0 Å². The van der Waals surface area contributed by atoms with Gasteiger partial charge in [0.15, 0.2) is 11.5 Å². The summed E-state index contributed by atoms with van der Waals surface area (Å²) in [5.74, 6) is 0.782. The maximum absolute atomic E-state index is 9.75. The zero-order chi connectivity index (χ0) is 21.4. The first-order valence-electron chi connectivity index (χ1n) is 10.3. The normalized spacial score (nSPS) is 16.0. The predicted octanol–water partition coefficient (Wildman–Crippen LogP) is 4.70. The lowest BCUT2D eigenvalue weighted by Gasteiger charge is -2.36. The number of nitrogens with zero attached hydrogens (tertiary/aromatic N) is 3. The molecule has 0 amide bonds. The topological polar surface area (TPSA) is 71.3 Å². The van der Waals surface area contributed by atoms with Gasteiger partial charge >= 0.3 is 0 Å². The second kappa shape index (κ2) is 8.13. The number of para-hydroxylation sites is 1. The fraction of sp³-hybridized carbons (Fsp3) is 0.208. The van der Waals surface area contributed by atoms with Gasteiger partial charge in [-0.2, -0.15) is 0 Å². The van der Waals surface area contributed by atoms with Crippen LogP contribution in [-0.4, -0.2) is 52.0 Å². The van der Waals surface area contributed by atoms with Gasteiger partial charge in [-0.15, -0.1) is 0 Å². The van der Waals surface area contributed by atoms with E-state index in [1.54, 1.807) is 6.07 Å². The molecule has 2 aliphatic rings. The van der Waals surface area contributed by atoms with Gasteiger partial charge in [0.1, 0.15) is 5.84 Å². The number of rotatable bonds is 2. The minimum Gasteiger partial charge on any atom is -0.504 e. The number of benzene rings is 3. The second-order valence-electron chi connectivity index (χ2n) is 7.85. The van der Waals surface area contributed by atoms with Crippen LogP contribution in [-0.2, 0) is 6.54 Å². The van der Waals surface area contributed by atoms with Crippen LogP contribution in [0.4, 0.5) is 17.1 Å². The van der Waals surface area contributed by atoms with Crippen molar-refractivity contribution in [3.8, 4) is 11.5 Å². The Morgan fingerprint density at radius 1 is 0.871 bits per heavy atom. The maximum Gasteiger partial charge on any atom is 0.157 e. The van der Waals surface area contributed by atoms with E-state index in [9.17, 15) is 10.2 Å². The number of aliphatic imine (C=N–C) groups is 1. The molecule has 1 fully saturated rings. The van der Waals surface area contributed by atoms with Crippen molar-refractivity contribution in [3.05, 3.63) is 76.8 Å². The number of phenolic OH excluding ortho intramolecular Hbond substituents is 2. The quantitative estimate of drug-likeness (QED) is 0.510. The van der Waals surface area contributed by atoms with Gasteiger partial charge in [0.2, 0.25) is 0 Å². The number of piperazine rings is 1. The lowest BCUT2D eigenvalue weighted by atomic mass is 10.1. The third kappa shape index (κ3) is 4.04. The number of nitrogens with one attached hydrogen (secondary N) is 1. The molecule has 0 saturated carbocycles. The fourth-order valence-corrected chi connectivity index (χ4v) is 4.26.